The zero-order chi connectivity index (χ0) is 16.8. The predicted molar refractivity (Wildman–Crippen MR) is 97.4 cm³/mol. The first-order chi connectivity index (χ1) is 11.8. The van der Waals surface area contributed by atoms with Crippen LogP contribution < -0.4 is 4.74 Å². The van der Waals surface area contributed by atoms with Crippen LogP contribution in [0.1, 0.15) is 68.1 Å². The highest BCUT2D eigenvalue weighted by Crippen LogP contribution is 2.41. The van der Waals surface area contributed by atoms with Gasteiger partial charge < -0.3 is 4.74 Å². The van der Waals surface area contributed by atoms with Gasteiger partial charge >= 0.3 is 5.97 Å². The van der Waals surface area contributed by atoms with E-state index in [0.717, 1.165) is 23.3 Å². The van der Waals surface area contributed by atoms with Gasteiger partial charge in [0.15, 0.2) is 0 Å². The van der Waals surface area contributed by atoms with Crippen molar-refractivity contribution >= 4 is 5.97 Å². The molecule has 24 heavy (non-hydrogen) atoms. The molecule has 0 amide bonds. The maximum absolute atomic E-state index is 12.4. The third-order valence-electron chi connectivity index (χ3n) is 4.82. The summed E-state index contributed by atoms with van der Waals surface area (Å²) >= 11 is 0. The van der Waals surface area contributed by atoms with Gasteiger partial charge in [-0.3, -0.25) is 4.79 Å². The number of hydrogen-bond acceptors (Lipinski definition) is 2. The van der Waals surface area contributed by atoms with Gasteiger partial charge in [0.1, 0.15) is 11.7 Å². The lowest BCUT2D eigenvalue weighted by Crippen LogP contribution is -2.12. The monoisotopic (exact) mass is 322 g/mol. The molecule has 0 N–H and O–H groups in total. The smallest absolute Gasteiger partial charge is 0.323 e. The fraction of sp³-hybridized carbons (Fsp3) is 0.409. The van der Waals surface area contributed by atoms with Crippen LogP contribution >= 0.6 is 0 Å². The summed E-state index contributed by atoms with van der Waals surface area (Å²) in [7, 11) is 0. The molecule has 0 aliphatic carbocycles. The van der Waals surface area contributed by atoms with Crippen LogP contribution in [0.15, 0.2) is 48.5 Å². The van der Waals surface area contributed by atoms with Crippen LogP contribution in [0.4, 0.5) is 0 Å². The first-order valence-corrected chi connectivity index (χ1v) is 9.19. The van der Waals surface area contributed by atoms with Crippen LogP contribution in [0, 0.1) is 0 Å². The van der Waals surface area contributed by atoms with Gasteiger partial charge in [0.05, 0.1) is 0 Å². The van der Waals surface area contributed by atoms with Crippen LogP contribution in [-0.2, 0) is 11.2 Å². The van der Waals surface area contributed by atoms with Crippen molar-refractivity contribution in [2.45, 2.75) is 57.8 Å². The first-order valence-electron chi connectivity index (χ1n) is 9.19. The summed E-state index contributed by atoms with van der Waals surface area (Å²) in [4.78, 5) is 12.4. The second-order valence-corrected chi connectivity index (χ2v) is 6.61. The van der Waals surface area contributed by atoms with Crippen molar-refractivity contribution in [3.63, 3.8) is 0 Å². The number of aryl methyl sites for hydroxylation is 1. The first kappa shape index (κ1) is 16.8. The number of carbonyl (C=O) groups is 1. The Morgan fingerprint density at radius 1 is 0.875 bits per heavy atom. The van der Waals surface area contributed by atoms with E-state index >= 15 is 0 Å². The Labute approximate surface area is 144 Å². The molecule has 1 heterocycles. The van der Waals surface area contributed by atoms with Gasteiger partial charge in [-0.05, 0) is 30.0 Å². The molecule has 0 aromatic heterocycles. The van der Waals surface area contributed by atoms with E-state index in [9.17, 15) is 4.79 Å². The summed E-state index contributed by atoms with van der Waals surface area (Å²) in [5.41, 5.74) is 3.38. The molecule has 1 atom stereocenters. The molecule has 0 bridgehead atoms. The number of rotatable bonds is 8. The number of benzene rings is 2. The number of carbonyl (C=O) groups excluding carboxylic acids is 1. The van der Waals surface area contributed by atoms with Crippen LogP contribution in [0.5, 0.6) is 5.75 Å². The molecule has 1 aliphatic heterocycles. The Hall–Kier alpha value is -2.09. The minimum atomic E-state index is -0.266. The van der Waals surface area contributed by atoms with E-state index in [0.29, 0.717) is 0 Å². The van der Waals surface area contributed by atoms with E-state index in [2.05, 4.69) is 13.0 Å². The molecule has 0 radical (unpaired) electrons. The van der Waals surface area contributed by atoms with Crippen molar-refractivity contribution in [3.8, 4) is 5.75 Å². The Morgan fingerprint density at radius 2 is 1.62 bits per heavy atom. The summed E-state index contributed by atoms with van der Waals surface area (Å²) < 4.78 is 5.54. The summed E-state index contributed by atoms with van der Waals surface area (Å²) in [5, 5.41) is 0. The molecular weight excluding hydrogens is 296 g/mol. The third-order valence-corrected chi connectivity index (χ3v) is 4.82. The van der Waals surface area contributed by atoms with E-state index in [1.807, 2.05) is 42.5 Å². The highest BCUT2D eigenvalue weighted by Gasteiger charge is 2.36. The standard InChI is InChI=1S/C22H26O2/c1-2-3-4-5-6-8-12-17-15-11-16-19-20(17)21(22(23)24-19)18-13-9-7-10-14-18/h7,9-11,13-16,21H,2-6,8,12H2,1H3. The number of fused-ring (bicyclic) bond motifs is 1. The summed E-state index contributed by atoms with van der Waals surface area (Å²) in [6, 6.07) is 16.1. The molecule has 3 rings (SSSR count). The van der Waals surface area contributed by atoms with E-state index in [-0.39, 0.29) is 11.9 Å². The molecule has 0 fully saturated rings. The highest BCUT2D eigenvalue weighted by atomic mass is 16.5. The Kier molecular flexibility index (Phi) is 5.68. The molecule has 1 aliphatic rings. The fourth-order valence-corrected chi connectivity index (χ4v) is 3.55. The SMILES string of the molecule is CCCCCCCCc1cccc2c1C(c1ccccc1)C(=O)O2. The lowest BCUT2D eigenvalue weighted by atomic mass is 9.87. The quantitative estimate of drug-likeness (QED) is 0.357. The average Bonchev–Trinajstić information content (AvgIpc) is 2.95. The van der Waals surface area contributed by atoms with Crippen molar-refractivity contribution < 1.29 is 9.53 Å². The van der Waals surface area contributed by atoms with Crippen molar-refractivity contribution in [1.29, 1.82) is 0 Å². The molecule has 2 aromatic carbocycles. The van der Waals surface area contributed by atoms with Crippen molar-refractivity contribution in [2.24, 2.45) is 0 Å². The van der Waals surface area contributed by atoms with Gasteiger partial charge in [0.25, 0.3) is 0 Å². The van der Waals surface area contributed by atoms with Crippen molar-refractivity contribution in [1.82, 2.24) is 0 Å². The Morgan fingerprint density at radius 3 is 2.42 bits per heavy atom. The molecule has 0 saturated heterocycles. The molecule has 126 valence electrons. The van der Waals surface area contributed by atoms with Crippen LogP contribution in [-0.4, -0.2) is 5.97 Å². The number of unbranched alkanes of at least 4 members (excludes halogenated alkanes) is 5. The average molecular weight is 322 g/mol. The largest absolute Gasteiger partial charge is 0.425 e. The van der Waals surface area contributed by atoms with Crippen LogP contribution in [0.25, 0.3) is 0 Å². The van der Waals surface area contributed by atoms with Gasteiger partial charge in [-0.15, -0.1) is 0 Å². The van der Waals surface area contributed by atoms with Crippen molar-refractivity contribution in [3.05, 3.63) is 65.2 Å². The number of esters is 1. The lowest BCUT2D eigenvalue weighted by molar-refractivity contribution is -0.133. The predicted octanol–water partition coefficient (Wildman–Crippen LogP) is 5.64. The van der Waals surface area contributed by atoms with E-state index < -0.39 is 0 Å². The van der Waals surface area contributed by atoms with Crippen LogP contribution in [0.3, 0.4) is 0 Å². The zero-order valence-corrected chi connectivity index (χ0v) is 14.5. The second kappa shape index (κ2) is 8.14. The van der Waals surface area contributed by atoms with E-state index in [1.54, 1.807) is 0 Å². The highest BCUT2D eigenvalue weighted by molar-refractivity contribution is 5.90. The molecule has 2 heteroatoms. The molecule has 0 spiro atoms. The third kappa shape index (κ3) is 3.69. The minimum absolute atomic E-state index is 0.147. The zero-order valence-electron chi connectivity index (χ0n) is 14.5. The minimum Gasteiger partial charge on any atom is -0.425 e. The topological polar surface area (TPSA) is 26.3 Å². The van der Waals surface area contributed by atoms with E-state index in [1.165, 1.54) is 44.1 Å². The van der Waals surface area contributed by atoms with Gasteiger partial charge in [-0.25, -0.2) is 0 Å². The second-order valence-electron chi connectivity index (χ2n) is 6.61. The summed E-state index contributed by atoms with van der Waals surface area (Å²) in [6.07, 6.45) is 8.71. The van der Waals surface area contributed by atoms with E-state index in [4.69, 9.17) is 4.74 Å². The Bertz CT molecular complexity index is 676. The van der Waals surface area contributed by atoms with Gasteiger partial charge in [0, 0.05) is 5.56 Å². The molecule has 2 aromatic rings. The number of ether oxygens (including phenoxy) is 1. The molecule has 1 unspecified atom stereocenters. The maximum atomic E-state index is 12.4. The van der Waals surface area contributed by atoms with Crippen molar-refractivity contribution in [2.75, 3.05) is 0 Å². The summed E-state index contributed by atoms with van der Waals surface area (Å²) in [5.74, 6) is 0.335. The lowest BCUT2D eigenvalue weighted by Gasteiger charge is -2.12. The summed E-state index contributed by atoms with van der Waals surface area (Å²) in [6.45, 7) is 2.24. The van der Waals surface area contributed by atoms with Gasteiger partial charge in [-0.2, -0.15) is 0 Å². The maximum Gasteiger partial charge on any atom is 0.323 e. The van der Waals surface area contributed by atoms with Gasteiger partial charge in [0.2, 0.25) is 0 Å². The normalized spacial score (nSPS) is 16.0. The fourth-order valence-electron chi connectivity index (χ4n) is 3.55. The number of hydrogen-bond donors (Lipinski definition) is 0. The molecular formula is C22H26O2. The van der Waals surface area contributed by atoms with Gasteiger partial charge in [-0.1, -0.05) is 81.5 Å². The molecule has 0 saturated carbocycles. The molecule has 2 nitrogen and oxygen atoms in total. The Balaban J connectivity index is 1.74. The van der Waals surface area contributed by atoms with Crippen LogP contribution in [0.2, 0.25) is 0 Å².